The molecule has 1 aliphatic rings. The highest BCUT2D eigenvalue weighted by atomic mass is 19.1. The Morgan fingerprint density at radius 3 is 2.33 bits per heavy atom. The molecule has 1 unspecified atom stereocenters. The summed E-state index contributed by atoms with van der Waals surface area (Å²) in [5.41, 5.74) is 4.37. The molecule has 1 heterocycles. The number of hydrogen-bond donors (Lipinski definition) is 0. The van der Waals surface area contributed by atoms with Crippen molar-refractivity contribution in [2.45, 2.75) is 33.9 Å². The van der Waals surface area contributed by atoms with E-state index in [0.717, 1.165) is 22.4 Å². The molecular weight excluding hydrogens is 308 g/mol. The van der Waals surface area contributed by atoms with E-state index in [-0.39, 0.29) is 11.9 Å². The van der Waals surface area contributed by atoms with Crippen LogP contribution in [-0.4, -0.2) is 13.2 Å². The molecule has 2 aromatic rings. The van der Waals surface area contributed by atoms with Gasteiger partial charge < -0.3 is 9.80 Å². The summed E-state index contributed by atoms with van der Waals surface area (Å²) in [5.74, 6) is -1.63. The topological polar surface area (TPSA) is 30.3 Å². The van der Waals surface area contributed by atoms with Gasteiger partial charge in [-0.3, -0.25) is 0 Å². The fourth-order valence-corrected chi connectivity index (χ4v) is 3.39. The molecule has 5 heteroatoms. The number of rotatable bonds is 1. The lowest BCUT2D eigenvalue weighted by molar-refractivity contribution is 0.577. The molecule has 124 valence electrons. The molecule has 0 aliphatic carbocycles. The van der Waals surface area contributed by atoms with Crippen LogP contribution in [0.2, 0.25) is 0 Å². The molecule has 0 bridgehead atoms. The maximum absolute atomic E-state index is 14.7. The van der Waals surface area contributed by atoms with Gasteiger partial charge in [-0.15, -0.1) is 0 Å². The van der Waals surface area contributed by atoms with Crippen molar-refractivity contribution >= 4 is 17.1 Å². The first kappa shape index (κ1) is 16.3. The number of anilines is 3. The van der Waals surface area contributed by atoms with E-state index >= 15 is 0 Å². The van der Waals surface area contributed by atoms with Gasteiger partial charge in [0.2, 0.25) is 0 Å². The first-order chi connectivity index (χ1) is 11.3. The van der Waals surface area contributed by atoms with E-state index in [4.69, 9.17) is 5.26 Å². The minimum atomic E-state index is -0.829. The van der Waals surface area contributed by atoms with E-state index in [9.17, 15) is 8.78 Å². The molecule has 1 atom stereocenters. The van der Waals surface area contributed by atoms with Crippen LogP contribution in [0, 0.1) is 43.7 Å². The van der Waals surface area contributed by atoms with Crippen LogP contribution in [0.25, 0.3) is 0 Å². The molecule has 3 nitrogen and oxygen atoms in total. The van der Waals surface area contributed by atoms with Gasteiger partial charge in [0.25, 0.3) is 0 Å². The van der Waals surface area contributed by atoms with Crippen LogP contribution in [0.1, 0.15) is 29.2 Å². The third-order valence-corrected chi connectivity index (χ3v) is 4.97. The maximum atomic E-state index is 14.7. The van der Waals surface area contributed by atoms with Crippen LogP contribution in [0.3, 0.4) is 0 Å². The molecule has 2 aromatic carbocycles. The zero-order valence-electron chi connectivity index (χ0n) is 14.4. The van der Waals surface area contributed by atoms with E-state index in [1.54, 1.807) is 18.0 Å². The number of nitriles is 1. The first-order valence-corrected chi connectivity index (χ1v) is 7.80. The third-order valence-electron chi connectivity index (χ3n) is 4.97. The number of fused-ring (bicyclic) bond motifs is 1. The largest absolute Gasteiger partial charge is 0.350 e. The Morgan fingerprint density at radius 2 is 1.71 bits per heavy atom. The number of benzene rings is 2. The fraction of sp³-hybridized carbons (Fsp3) is 0.316. The normalized spacial score (nSPS) is 16.3. The van der Waals surface area contributed by atoms with Gasteiger partial charge in [0.05, 0.1) is 5.69 Å². The van der Waals surface area contributed by atoms with Crippen LogP contribution in [0.15, 0.2) is 18.2 Å². The molecule has 1 aliphatic heterocycles. The van der Waals surface area contributed by atoms with Crippen molar-refractivity contribution in [2.75, 3.05) is 16.8 Å². The zero-order valence-corrected chi connectivity index (χ0v) is 14.4. The minimum absolute atomic E-state index is 0.193. The van der Waals surface area contributed by atoms with Crippen LogP contribution in [0.4, 0.5) is 25.8 Å². The van der Waals surface area contributed by atoms with Crippen molar-refractivity contribution in [3.63, 3.8) is 0 Å². The second-order valence-corrected chi connectivity index (χ2v) is 6.31. The molecule has 0 saturated heterocycles. The molecule has 0 spiro atoms. The van der Waals surface area contributed by atoms with Crippen molar-refractivity contribution in [1.29, 1.82) is 5.26 Å². The van der Waals surface area contributed by atoms with Crippen molar-refractivity contribution < 1.29 is 8.78 Å². The van der Waals surface area contributed by atoms with Gasteiger partial charge >= 0.3 is 0 Å². The molecule has 0 amide bonds. The van der Waals surface area contributed by atoms with Crippen molar-refractivity contribution in [2.24, 2.45) is 0 Å². The Hall–Kier alpha value is -2.61. The lowest BCUT2D eigenvalue weighted by Gasteiger charge is -2.30. The number of nitrogens with zero attached hydrogens (tertiary/aromatic N) is 3. The monoisotopic (exact) mass is 327 g/mol. The molecule has 0 saturated carbocycles. The average molecular weight is 327 g/mol. The van der Waals surface area contributed by atoms with E-state index in [0.29, 0.717) is 5.69 Å². The lowest BCUT2D eigenvalue weighted by Crippen LogP contribution is -2.36. The van der Waals surface area contributed by atoms with Crippen LogP contribution in [-0.2, 0) is 0 Å². The van der Waals surface area contributed by atoms with Crippen LogP contribution < -0.4 is 9.80 Å². The summed E-state index contributed by atoms with van der Waals surface area (Å²) >= 11 is 0. The summed E-state index contributed by atoms with van der Waals surface area (Å²) in [6, 6.07) is 6.94. The maximum Gasteiger partial charge on any atom is 0.169 e. The molecule has 3 rings (SSSR count). The van der Waals surface area contributed by atoms with Gasteiger partial charge in [-0.1, -0.05) is 12.1 Å². The average Bonchev–Trinajstić information content (AvgIpc) is 2.77. The second-order valence-electron chi connectivity index (χ2n) is 6.31. The zero-order chi connectivity index (χ0) is 17.8. The quantitative estimate of drug-likeness (QED) is 0.761. The summed E-state index contributed by atoms with van der Waals surface area (Å²) in [4.78, 5) is 3.69. The summed E-state index contributed by atoms with van der Waals surface area (Å²) in [7, 11) is 1.76. The molecule has 0 N–H and O–H groups in total. The minimum Gasteiger partial charge on any atom is -0.350 e. The Balaban J connectivity index is 2.33. The third kappa shape index (κ3) is 2.06. The van der Waals surface area contributed by atoms with Gasteiger partial charge in [0, 0.05) is 18.8 Å². The highest BCUT2D eigenvalue weighted by molar-refractivity contribution is 5.87. The van der Waals surface area contributed by atoms with Crippen molar-refractivity contribution in [3.8, 4) is 6.07 Å². The number of aryl methyl sites for hydroxylation is 2. The first-order valence-electron chi connectivity index (χ1n) is 7.80. The highest BCUT2D eigenvalue weighted by Gasteiger charge is 2.37. The molecule has 0 radical (unpaired) electrons. The SMILES string of the molecule is Cc1ccc(C)c(N2c3cc(F)c(C#N)c(F)c3N(C)C2C)c1C. The Bertz CT molecular complexity index is 883. The molecule has 24 heavy (non-hydrogen) atoms. The second kappa shape index (κ2) is 5.48. The summed E-state index contributed by atoms with van der Waals surface area (Å²) in [6.45, 7) is 7.95. The van der Waals surface area contributed by atoms with E-state index in [1.165, 1.54) is 6.07 Å². The fourth-order valence-electron chi connectivity index (χ4n) is 3.39. The Kier molecular flexibility index (Phi) is 3.71. The predicted octanol–water partition coefficient (Wildman–Crippen LogP) is 4.70. The summed E-state index contributed by atoms with van der Waals surface area (Å²) in [5, 5.41) is 9.03. The number of hydrogen-bond acceptors (Lipinski definition) is 3. The van der Waals surface area contributed by atoms with E-state index in [2.05, 4.69) is 0 Å². The van der Waals surface area contributed by atoms with Gasteiger partial charge in [-0.05, 0) is 44.4 Å². The molecular formula is C19H19F2N3. The van der Waals surface area contributed by atoms with Gasteiger partial charge in [-0.2, -0.15) is 5.26 Å². The lowest BCUT2D eigenvalue weighted by atomic mass is 10.0. The van der Waals surface area contributed by atoms with E-state index < -0.39 is 17.2 Å². The van der Waals surface area contributed by atoms with Gasteiger partial charge in [0.15, 0.2) is 5.82 Å². The molecule has 0 aromatic heterocycles. The van der Waals surface area contributed by atoms with E-state index in [1.807, 2.05) is 44.7 Å². The standard InChI is InChI=1S/C19H19F2N3/c1-10-6-7-11(2)18(12(10)3)24-13(4)23(5)19-16(24)8-15(20)14(9-22)17(19)21/h6-8,13H,1-5H3. The summed E-state index contributed by atoms with van der Waals surface area (Å²) in [6.07, 6.45) is -0.193. The molecule has 0 fully saturated rings. The summed E-state index contributed by atoms with van der Waals surface area (Å²) < 4.78 is 28.9. The highest BCUT2D eigenvalue weighted by Crippen LogP contribution is 2.48. The van der Waals surface area contributed by atoms with Crippen molar-refractivity contribution in [1.82, 2.24) is 0 Å². The van der Waals surface area contributed by atoms with Crippen LogP contribution >= 0.6 is 0 Å². The van der Waals surface area contributed by atoms with Gasteiger partial charge in [0.1, 0.15) is 29.3 Å². The predicted molar refractivity (Wildman–Crippen MR) is 91.7 cm³/mol. The van der Waals surface area contributed by atoms with Crippen molar-refractivity contribution in [3.05, 3.63) is 52.1 Å². The van der Waals surface area contributed by atoms with Gasteiger partial charge in [-0.25, -0.2) is 8.78 Å². The Morgan fingerprint density at radius 1 is 1.08 bits per heavy atom. The van der Waals surface area contributed by atoms with Crippen LogP contribution in [0.5, 0.6) is 0 Å². The Labute approximate surface area is 140 Å². The number of halogens is 2. The smallest absolute Gasteiger partial charge is 0.169 e.